The van der Waals surface area contributed by atoms with E-state index in [1.54, 1.807) is 0 Å². The number of nitriles is 1. The summed E-state index contributed by atoms with van der Waals surface area (Å²) in [5, 5.41) is 9.24. The molecule has 0 aliphatic carbocycles. The van der Waals surface area contributed by atoms with E-state index in [-0.39, 0.29) is 6.42 Å². The van der Waals surface area contributed by atoms with Gasteiger partial charge in [-0.25, -0.2) is 0 Å². The second kappa shape index (κ2) is 5.01. The van der Waals surface area contributed by atoms with Crippen molar-refractivity contribution in [2.75, 3.05) is 7.11 Å². The molecule has 5 heteroatoms. The molecule has 0 N–H and O–H groups in total. The van der Waals surface area contributed by atoms with E-state index in [0.29, 0.717) is 21.2 Å². The van der Waals surface area contributed by atoms with Crippen LogP contribution in [0.5, 0.6) is 0 Å². The molecule has 0 aromatic heterocycles. The van der Waals surface area contributed by atoms with Gasteiger partial charge in [-0.1, -0.05) is 23.2 Å². The molecule has 0 unspecified atom stereocenters. The number of ether oxygens (including phenoxy) is 1. The van der Waals surface area contributed by atoms with Crippen molar-refractivity contribution >= 4 is 29.2 Å². The van der Waals surface area contributed by atoms with Crippen molar-refractivity contribution < 1.29 is 9.53 Å². The van der Waals surface area contributed by atoms with Gasteiger partial charge in [0.2, 0.25) is 0 Å². The molecule has 0 bridgehead atoms. The van der Waals surface area contributed by atoms with Gasteiger partial charge in [0.25, 0.3) is 0 Å². The summed E-state index contributed by atoms with van der Waals surface area (Å²) in [6.07, 6.45) is -0.000124. The van der Waals surface area contributed by atoms with Crippen molar-refractivity contribution in [3.63, 3.8) is 0 Å². The third kappa shape index (κ3) is 2.85. The molecule has 0 heterocycles. The van der Waals surface area contributed by atoms with Crippen molar-refractivity contribution in [1.82, 2.24) is 0 Å². The minimum atomic E-state index is -0.427. The largest absolute Gasteiger partial charge is 0.469 e. The van der Waals surface area contributed by atoms with Crippen LogP contribution in [0.2, 0.25) is 10.0 Å². The van der Waals surface area contributed by atoms with Gasteiger partial charge >= 0.3 is 5.97 Å². The van der Waals surface area contributed by atoms with E-state index >= 15 is 0 Å². The van der Waals surface area contributed by atoms with Crippen molar-refractivity contribution in [1.29, 1.82) is 5.26 Å². The fraction of sp³-hybridized carbons (Fsp3) is 0.200. The zero-order valence-corrected chi connectivity index (χ0v) is 9.39. The summed E-state index contributed by atoms with van der Waals surface area (Å²) >= 11 is 11.7. The Balaban J connectivity index is 3.10. The Morgan fingerprint density at radius 2 is 2.00 bits per heavy atom. The number of nitrogens with zero attached hydrogens (tertiary/aromatic N) is 1. The van der Waals surface area contributed by atoms with E-state index in [0.717, 1.165) is 0 Å². The lowest BCUT2D eigenvalue weighted by Crippen LogP contribution is -2.05. The second-order valence-electron chi connectivity index (χ2n) is 2.78. The standard InChI is InChI=1S/C10H7Cl2NO2/c1-15-10(14)4-7-8(11)2-6(5-13)3-9(7)12/h2-3H,4H2,1H3. The first-order valence-electron chi connectivity index (χ1n) is 4.03. The first-order chi connectivity index (χ1) is 7.08. The van der Waals surface area contributed by atoms with Crippen LogP contribution in [-0.2, 0) is 16.0 Å². The molecule has 1 aromatic rings. The molecule has 3 nitrogen and oxygen atoms in total. The van der Waals surface area contributed by atoms with Gasteiger partial charge in [-0.15, -0.1) is 0 Å². The van der Waals surface area contributed by atoms with Crippen LogP contribution in [-0.4, -0.2) is 13.1 Å². The van der Waals surface area contributed by atoms with Gasteiger partial charge in [0.1, 0.15) is 0 Å². The lowest BCUT2D eigenvalue weighted by molar-refractivity contribution is -0.139. The van der Waals surface area contributed by atoms with Crippen molar-refractivity contribution in [3.8, 4) is 6.07 Å². The minimum absolute atomic E-state index is 0.000124. The van der Waals surface area contributed by atoms with E-state index in [4.69, 9.17) is 28.5 Å². The molecule has 15 heavy (non-hydrogen) atoms. The lowest BCUT2D eigenvalue weighted by atomic mass is 10.1. The highest BCUT2D eigenvalue weighted by molar-refractivity contribution is 6.36. The van der Waals surface area contributed by atoms with Crippen molar-refractivity contribution in [2.24, 2.45) is 0 Å². The summed E-state index contributed by atoms with van der Waals surface area (Å²) in [4.78, 5) is 11.0. The van der Waals surface area contributed by atoms with Gasteiger partial charge in [0, 0.05) is 15.6 Å². The highest BCUT2D eigenvalue weighted by atomic mass is 35.5. The van der Waals surface area contributed by atoms with Gasteiger partial charge in [-0.2, -0.15) is 5.26 Å². The predicted octanol–water partition coefficient (Wildman–Crippen LogP) is 2.58. The third-order valence-electron chi connectivity index (χ3n) is 1.82. The molecule has 1 rings (SSSR count). The zero-order chi connectivity index (χ0) is 11.4. The normalized spacial score (nSPS) is 9.47. The van der Waals surface area contributed by atoms with E-state index in [9.17, 15) is 4.79 Å². The Morgan fingerprint density at radius 1 is 1.47 bits per heavy atom. The number of benzene rings is 1. The van der Waals surface area contributed by atoms with Gasteiger partial charge in [0.05, 0.1) is 25.2 Å². The zero-order valence-electron chi connectivity index (χ0n) is 7.88. The van der Waals surface area contributed by atoms with Crippen LogP contribution in [0.3, 0.4) is 0 Å². The van der Waals surface area contributed by atoms with Gasteiger partial charge < -0.3 is 4.74 Å². The number of methoxy groups -OCH3 is 1. The summed E-state index contributed by atoms with van der Waals surface area (Å²) in [7, 11) is 1.29. The monoisotopic (exact) mass is 243 g/mol. The molecule has 0 aliphatic rings. The quantitative estimate of drug-likeness (QED) is 0.751. The molecule has 0 saturated heterocycles. The fourth-order valence-electron chi connectivity index (χ4n) is 1.05. The highest BCUT2D eigenvalue weighted by Crippen LogP contribution is 2.27. The highest BCUT2D eigenvalue weighted by Gasteiger charge is 2.12. The van der Waals surface area contributed by atoms with Crippen LogP contribution in [0.25, 0.3) is 0 Å². The van der Waals surface area contributed by atoms with Crippen LogP contribution in [0.4, 0.5) is 0 Å². The van der Waals surface area contributed by atoms with Crippen LogP contribution in [0.1, 0.15) is 11.1 Å². The molecule has 0 spiro atoms. The molecule has 0 aliphatic heterocycles. The number of halogens is 2. The van der Waals surface area contributed by atoms with E-state index in [1.807, 2.05) is 6.07 Å². The average molecular weight is 244 g/mol. The third-order valence-corrected chi connectivity index (χ3v) is 2.49. The van der Waals surface area contributed by atoms with Gasteiger partial charge in [0.15, 0.2) is 0 Å². The van der Waals surface area contributed by atoms with Crippen LogP contribution in [0.15, 0.2) is 12.1 Å². The Kier molecular flexibility index (Phi) is 3.96. The smallest absolute Gasteiger partial charge is 0.310 e. The molecule has 0 amide bonds. The van der Waals surface area contributed by atoms with Gasteiger partial charge in [-0.3, -0.25) is 4.79 Å². The maximum atomic E-state index is 11.0. The maximum absolute atomic E-state index is 11.0. The van der Waals surface area contributed by atoms with Gasteiger partial charge in [-0.05, 0) is 12.1 Å². The molecule has 78 valence electrons. The van der Waals surface area contributed by atoms with E-state index < -0.39 is 5.97 Å². The lowest BCUT2D eigenvalue weighted by Gasteiger charge is -2.05. The Bertz CT molecular complexity index is 415. The van der Waals surface area contributed by atoms with Crippen molar-refractivity contribution in [2.45, 2.75) is 6.42 Å². The number of esters is 1. The number of hydrogen-bond donors (Lipinski definition) is 0. The first-order valence-corrected chi connectivity index (χ1v) is 4.79. The maximum Gasteiger partial charge on any atom is 0.310 e. The minimum Gasteiger partial charge on any atom is -0.469 e. The van der Waals surface area contributed by atoms with E-state index in [2.05, 4.69) is 4.74 Å². The number of rotatable bonds is 2. The predicted molar refractivity (Wildman–Crippen MR) is 56.9 cm³/mol. The topological polar surface area (TPSA) is 50.1 Å². The second-order valence-corrected chi connectivity index (χ2v) is 3.60. The number of hydrogen-bond acceptors (Lipinski definition) is 3. The molecule has 0 fully saturated rings. The number of carbonyl (C=O) groups is 1. The van der Waals surface area contributed by atoms with Crippen LogP contribution >= 0.6 is 23.2 Å². The fourth-order valence-corrected chi connectivity index (χ4v) is 1.67. The summed E-state index contributed by atoms with van der Waals surface area (Å²) < 4.78 is 4.50. The van der Waals surface area contributed by atoms with Crippen molar-refractivity contribution in [3.05, 3.63) is 33.3 Å². The summed E-state index contributed by atoms with van der Waals surface area (Å²) in [5.41, 5.74) is 0.836. The SMILES string of the molecule is COC(=O)Cc1c(Cl)cc(C#N)cc1Cl. The average Bonchev–Trinajstić information content (AvgIpc) is 2.22. The molecule has 0 saturated carbocycles. The molecule has 0 atom stereocenters. The summed E-state index contributed by atoms with van der Waals surface area (Å²) in [5.74, 6) is -0.427. The van der Waals surface area contributed by atoms with Crippen LogP contribution < -0.4 is 0 Å². The summed E-state index contributed by atoms with van der Waals surface area (Å²) in [6, 6.07) is 4.85. The molecule has 0 radical (unpaired) electrons. The number of carbonyl (C=O) groups excluding carboxylic acids is 1. The molecule has 1 aromatic carbocycles. The Hall–Kier alpha value is -1.24. The Morgan fingerprint density at radius 3 is 2.40 bits per heavy atom. The molecular weight excluding hydrogens is 237 g/mol. The first kappa shape index (κ1) is 11.8. The van der Waals surface area contributed by atoms with E-state index in [1.165, 1.54) is 19.2 Å². The molecular formula is C10H7Cl2NO2. The van der Waals surface area contributed by atoms with Crippen LogP contribution in [0, 0.1) is 11.3 Å². The Labute approximate surface area is 97.2 Å². The summed E-state index contributed by atoms with van der Waals surface area (Å²) in [6.45, 7) is 0.